The fourth-order valence-corrected chi connectivity index (χ4v) is 3.91. The van der Waals surface area contributed by atoms with Gasteiger partial charge in [-0.2, -0.15) is 5.10 Å². The van der Waals surface area contributed by atoms with Crippen molar-refractivity contribution in [2.24, 2.45) is 7.05 Å². The van der Waals surface area contributed by atoms with Gasteiger partial charge in [0, 0.05) is 30.4 Å². The maximum atomic E-state index is 13.1. The lowest BCUT2D eigenvalue weighted by Gasteiger charge is -2.23. The number of aromatic nitrogens is 2. The number of hydrogen-bond acceptors (Lipinski definition) is 4. The van der Waals surface area contributed by atoms with E-state index in [9.17, 15) is 9.00 Å². The molecule has 0 amide bonds. The molecule has 3 rings (SSSR count). The molecule has 3 aromatic rings. The van der Waals surface area contributed by atoms with E-state index in [0.29, 0.717) is 22.3 Å². The van der Waals surface area contributed by atoms with Crippen molar-refractivity contribution in [3.05, 3.63) is 51.4 Å². The van der Waals surface area contributed by atoms with Crippen LogP contribution in [0.3, 0.4) is 0 Å². The summed E-state index contributed by atoms with van der Waals surface area (Å²) in [6, 6.07) is 3.57. The molecule has 0 saturated carbocycles. The standard InChI is InChI=1S/C21H27N3O3S/c1-12-8-16(14(3)23-28(26)21(4,5)6)20-17(9-12)18(25)13(2)19(27-20)15-10-22-24(7)11-15/h8-11,14,23H,1-7H3/t14?,28-/m1/s1. The molecular formula is C21H27N3O3S. The fraction of sp³-hybridized carbons (Fsp3) is 0.429. The molecule has 6 nitrogen and oxygen atoms in total. The van der Waals surface area contributed by atoms with Gasteiger partial charge in [-0.05, 0) is 53.2 Å². The van der Waals surface area contributed by atoms with Crippen LogP contribution in [0.1, 0.15) is 50.4 Å². The normalized spacial score (nSPS) is 14.4. The van der Waals surface area contributed by atoms with Crippen LogP contribution >= 0.6 is 0 Å². The van der Waals surface area contributed by atoms with Crippen molar-refractivity contribution in [2.75, 3.05) is 0 Å². The predicted molar refractivity (Wildman–Crippen MR) is 114 cm³/mol. The molecule has 7 heteroatoms. The molecule has 2 atom stereocenters. The Morgan fingerprint density at radius 1 is 1.25 bits per heavy atom. The summed E-state index contributed by atoms with van der Waals surface area (Å²) in [5, 5.41) is 4.72. The molecular weight excluding hydrogens is 374 g/mol. The van der Waals surface area contributed by atoms with Crippen molar-refractivity contribution in [3.63, 3.8) is 0 Å². The number of nitrogens with zero attached hydrogens (tertiary/aromatic N) is 2. The highest BCUT2D eigenvalue weighted by Gasteiger charge is 2.24. The maximum absolute atomic E-state index is 13.1. The topological polar surface area (TPSA) is 77.1 Å². The van der Waals surface area contributed by atoms with Gasteiger partial charge in [-0.15, -0.1) is 0 Å². The minimum absolute atomic E-state index is 0.0609. The summed E-state index contributed by atoms with van der Waals surface area (Å²) in [4.78, 5) is 13.1. The zero-order valence-corrected chi connectivity index (χ0v) is 18.2. The Morgan fingerprint density at radius 2 is 1.93 bits per heavy atom. The molecule has 1 unspecified atom stereocenters. The molecule has 0 radical (unpaired) electrons. The first-order valence-corrected chi connectivity index (χ1v) is 10.4. The van der Waals surface area contributed by atoms with Gasteiger partial charge in [0.2, 0.25) is 0 Å². The molecule has 28 heavy (non-hydrogen) atoms. The summed E-state index contributed by atoms with van der Waals surface area (Å²) < 4.78 is 23.3. The van der Waals surface area contributed by atoms with Crippen molar-refractivity contribution in [3.8, 4) is 11.3 Å². The minimum atomic E-state index is -1.25. The summed E-state index contributed by atoms with van der Waals surface area (Å²) in [5.74, 6) is 0.514. The van der Waals surface area contributed by atoms with Gasteiger partial charge < -0.3 is 4.42 Å². The zero-order valence-electron chi connectivity index (χ0n) is 17.4. The van der Waals surface area contributed by atoms with Gasteiger partial charge in [-0.25, -0.2) is 8.93 Å². The minimum Gasteiger partial charge on any atom is -0.455 e. The molecule has 0 spiro atoms. The number of nitrogens with one attached hydrogen (secondary N) is 1. The van der Waals surface area contributed by atoms with Crippen LogP contribution in [-0.4, -0.2) is 18.7 Å². The lowest BCUT2D eigenvalue weighted by Crippen LogP contribution is -2.35. The molecule has 1 N–H and O–H groups in total. The van der Waals surface area contributed by atoms with Crippen molar-refractivity contribution < 1.29 is 8.63 Å². The van der Waals surface area contributed by atoms with Gasteiger partial charge >= 0.3 is 0 Å². The van der Waals surface area contributed by atoms with E-state index in [1.165, 1.54) is 0 Å². The highest BCUT2D eigenvalue weighted by molar-refractivity contribution is 7.84. The molecule has 0 saturated heterocycles. The SMILES string of the molecule is Cc1cc(C(C)N[S@](=O)C(C)(C)C)c2oc(-c3cnn(C)c3)c(C)c(=O)c2c1. The first-order chi connectivity index (χ1) is 13.0. The van der Waals surface area contributed by atoms with Crippen LogP contribution in [0, 0.1) is 13.8 Å². The van der Waals surface area contributed by atoms with E-state index in [-0.39, 0.29) is 11.5 Å². The Morgan fingerprint density at radius 3 is 2.50 bits per heavy atom. The molecule has 0 bridgehead atoms. The summed E-state index contributed by atoms with van der Waals surface area (Å²) >= 11 is 0. The van der Waals surface area contributed by atoms with Gasteiger partial charge in [0.1, 0.15) is 11.3 Å². The second-order valence-corrected chi connectivity index (χ2v) is 10.2. The van der Waals surface area contributed by atoms with Crippen LogP contribution in [0.25, 0.3) is 22.3 Å². The van der Waals surface area contributed by atoms with E-state index in [1.807, 2.05) is 60.0 Å². The van der Waals surface area contributed by atoms with Crippen LogP contribution in [0.15, 0.2) is 33.7 Å². The van der Waals surface area contributed by atoms with Gasteiger partial charge in [0.25, 0.3) is 0 Å². The molecule has 0 fully saturated rings. The van der Waals surface area contributed by atoms with Crippen LogP contribution in [-0.2, 0) is 18.0 Å². The quantitative estimate of drug-likeness (QED) is 0.719. The first-order valence-electron chi connectivity index (χ1n) is 9.24. The van der Waals surface area contributed by atoms with Gasteiger partial charge in [-0.1, -0.05) is 6.07 Å². The van der Waals surface area contributed by atoms with Crippen molar-refractivity contribution in [1.82, 2.24) is 14.5 Å². The number of benzene rings is 1. The molecule has 0 aliphatic heterocycles. The van der Waals surface area contributed by atoms with E-state index in [1.54, 1.807) is 17.8 Å². The molecule has 1 aromatic carbocycles. The molecule has 0 aliphatic carbocycles. The summed E-state index contributed by atoms with van der Waals surface area (Å²) in [5.41, 5.74) is 3.54. The summed E-state index contributed by atoms with van der Waals surface area (Å²) in [6.45, 7) is 11.4. The largest absolute Gasteiger partial charge is 0.455 e. The third kappa shape index (κ3) is 3.82. The van der Waals surface area contributed by atoms with Crippen molar-refractivity contribution in [2.45, 2.75) is 52.3 Å². The average molecular weight is 402 g/mol. The predicted octanol–water partition coefficient (Wildman–Crippen LogP) is 3.92. The van der Waals surface area contributed by atoms with Gasteiger partial charge in [0.05, 0.1) is 32.9 Å². The lowest BCUT2D eigenvalue weighted by atomic mass is 10.00. The lowest BCUT2D eigenvalue weighted by molar-refractivity contribution is 0.590. The zero-order chi connectivity index (χ0) is 20.8. The van der Waals surface area contributed by atoms with Gasteiger partial charge in [-0.3, -0.25) is 9.48 Å². The highest BCUT2D eigenvalue weighted by atomic mass is 32.2. The van der Waals surface area contributed by atoms with E-state index in [2.05, 4.69) is 9.82 Å². The number of fused-ring (bicyclic) bond motifs is 1. The van der Waals surface area contributed by atoms with Gasteiger partial charge in [0.15, 0.2) is 5.43 Å². The smallest absolute Gasteiger partial charge is 0.196 e. The third-order valence-electron chi connectivity index (χ3n) is 4.67. The Hall–Kier alpha value is -2.25. The summed E-state index contributed by atoms with van der Waals surface area (Å²) in [6.07, 6.45) is 3.50. The van der Waals surface area contributed by atoms with Crippen LogP contribution in [0.5, 0.6) is 0 Å². The van der Waals surface area contributed by atoms with E-state index >= 15 is 0 Å². The number of hydrogen-bond donors (Lipinski definition) is 1. The highest BCUT2D eigenvalue weighted by Crippen LogP contribution is 2.31. The molecule has 2 heterocycles. The summed E-state index contributed by atoms with van der Waals surface area (Å²) in [7, 11) is 0.572. The molecule has 150 valence electrons. The maximum Gasteiger partial charge on any atom is 0.196 e. The van der Waals surface area contributed by atoms with E-state index in [4.69, 9.17) is 4.42 Å². The fourth-order valence-electron chi connectivity index (χ4n) is 3.10. The van der Waals surface area contributed by atoms with Crippen molar-refractivity contribution >= 4 is 22.0 Å². The second kappa shape index (κ2) is 7.29. The van der Waals surface area contributed by atoms with Crippen LogP contribution in [0.4, 0.5) is 0 Å². The van der Waals surface area contributed by atoms with E-state index < -0.39 is 15.7 Å². The van der Waals surface area contributed by atoms with Crippen LogP contribution in [0.2, 0.25) is 0 Å². The number of aryl methyl sites for hydroxylation is 2. The Kier molecular flexibility index (Phi) is 5.34. The Bertz CT molecular complexity index is 1120. The molecule has 2 aromatic heterocycles. The Labute approximate surface area is 167 Å². The number of rotatable bonds is 4. The van der Waals surface area contributed by atoms with Crippen LogP contribution < -0.4 is 10.2 Å². The third-order valence-corrected chi connectivity index (χ3v) is 6.35. The monoisotopic (exact) mass is 401 g/mol. The average Bonchev–Trinajstić information content (AvgIpc) is 3.03. The Balaban J connectivity index is 2.22. The van der Waals surface area contributed by atoms with Crippen molar-refractivity contribution in [1.29, 1.82) is 0 Å². The molecule has 0 aliphatic rings. The second-order valence-electron chi connectivity index (χ2n) is 8.24. The first kappa shape index (κ1) is 20.5. The van der Waals surface area contributed by atoms with E-state index in [0.717, 1.165) is 16.7 Å².